The molecule has 0 saturated carbocycles. The van der Waals surface area contributed by atoms with Crippen molar-refractivity contribution in [3.63, 3.8) is 0 Å². The zero-order chi connectivity index (χ0) is 20.6. The van der Waals surface area contributed by atoms with Gasteiger partial charge in [0.1, 0.15) is 17.1 Å². The van der Waals surface area contributed by atoms with Crippen molar-refractivity contribution in [2.24, 2.45) is 0 Å². The summed E-state index contributed by atoms with van der Waals surface area (Å²) in [5.41, 5.74) is 2.81. The second kappa shape index (κ2) is 7.17. The number of hydrogen-bond donors (Lipinski definition) is 1. The zero-order valence-corrected chi connectivity index (χ0v) is 15.6. The van der Waals surface area contributed by atoms with Crippen LogP contribution in [0.4, 0.5) is 18.9 Å². The second-order valence-corrected chi connectivity index (χ2v) is 6.95. The lowest BCUT2D eigenvalue weighted by atomic mass is 10.1. The standard InChI is InChI=1S/C18H12F3N5O2S/c1-10-15(22-9-29-10)17(27)25-13-8-23-26-7-6-12(24-16(13)26)11-4-2-3-5-14(11)28-18(19,20)21/h2-9H,1H3,(H,25,27). The van der Waals surface area contributed by atoms with Gasteiger partial charge in [-0.3, -0.25) is 4.79 Å². The maximum atomic E-state index is 12.7. The van der Waals surface area contributed by atoms with Gasteiger partial charge in [-0.25, -0.2) is 14.5 Å². The maximum absolute atomic E-state index is 12.7. The van der Waals surface area contributed by atoms with Crippen molar-refractivity contribution in [1.82, 2.24) is 19.6 Å². The highest BCUT2D eigenvalue weighted by Crippen LogP contribution is 2.33. The molecule has 0 atom stereocenters. The minimum Gasteiger partial charge on any atom is -0.405 e. The van der Waals surface area contributed by atoms with E-state index >= 15 is 0 Å². The Morgan fingerprint density at radius 1 is 1.24 bits per heavy atom. The molecule has 148 valence electrons. The summed E-state index contributed by atoms with van der Waals surface area (Å²) in [4.78, 5) is 21.6. The molecule has 0 spiro atoms. The predicted octanol–water partition coefficient (Wildman–Crippen LogP) is 4.31. The van der Waals surface area contributed by atoms with Gasteiger partial charge in [0.05, 0.1) is 17.4 Å². The Morgan fingerprint density at radius 2 is 2.03 bits per heavy atom. The summed E-state index contributed by atoms with van der Waals surface area (Å²) in [5.74, 6) is -0.799. The number of halogens is 3. The smallest absolute Gasteiger partial charge is 0.405 e. The Balaban J connectivity index is 1.71. The number of anilines is 1. The van der Waals surface area contributed by atoms with Gasteiger partial charge in [0, 0.05) is 16.6 Å². The number of ether oxygens (including phenoxy) is 1. The first-order chi connectivity index (χ1) is 13.8. The first-order valence-corrected chi connectivity index (χ1v) is 9.11. The van der Waals surface area contributed by atoms with Crippen molar-refractivity contribution >= 4 is 28.6 Å². The lowest BCUT2D eigenvalue weighted by Crippen LogP contribution is -2.17. The van der Waals surface area contributed by atoms with Crippen molar-refractivity contribution in [2.45, 2.75) is 13.3 Å². The van der Waals surface area contributed by atoms with E-state index in [1.54, 1.807) is 18.5 Å². The summed E-state index contributed by atoms with van der Waals surface area (Å²) in [6.07, 6.45) is -1.89. The van der Waals surface area contributed by atoms with Crippen LogP contribution in [-0.4, -0.2) is 31.9 Å². The Kier molecular flexibility index (Phi) is 4.66. The quantitative estimate of drug-likeness (QED) is 0.533. The third-order valence-corrected chi connectivity index (χ3v) is 4.72. The van der Waals surface area contributed by atoms with E-state index in [9.17, 15) is 18.0 Å². The van der Waals surface area contributed by atoms with Gasteiger partial charge in [-0.1, -0.05) is 12.1 Å². The fourth-order valence-corrected chi connectivity index (χ4v) is 3.28. The normalized spacial score (nSPS) is 11.6. The lowest BCUT2D eigenvalue weighted by molar-refractivity contribution is -0.274. The molecule has 0 aliphatic heterocycles. The fourth-order valence-electron chi connectivity index (χ4n) is 2.70. The molecule has 0 unspecified atom stereocenters. The number of para-hydroxylation sites is 1. The first kappa shape index (κ1) is 18.9. The third kappa shape index (κ3) is 3.90. The van der Waals surface area contributed by atoms with E-state index in [4.69, 9.17) is 0 Å². The van der Waals surface area contributed by atoms with Crippen molar-refractivity contribution < 1.29 is 22.7 Å². The monoisotopic (exact) mass is 419 g/mol. The topological polar surface area (TPSA) is 81.4 Å². The van der Waals surface area contributed by atoms with Crippen LogP contribution in [0.15, 0.2) is 48.2 Å². The molecule has 3 aromatic heterocycles. The summed E-state index contributed by atoms with van der Waals surface area (Å²) in [5, 5.41) is 6.79. The molecule has 0 radical (unpaired) electrons. The van der Waals surface area contributed by atoms with E-state index in [0.717, 1.165) is 4.88 Å². The van der Waals surface area contributed by atoms with E-state index in [1.807, 2.05) is 0 Å². The molecule has 1 N–H and O–H groups in total. The maximum Gasteiger partial charge on any atom is 0.573 e. The summed E-state index contributed by atoms with van der Waals surface area (Å²) in [6.45, 7) is 1.77. The van der Waals surface area contributed by atoms with E-state index in [1.165, 1.54) is 52.5 Å². The van der Waals surface area contributed by atoms with Crippen molar-refractivity contribution in [1.29, 1.82) is 0 Å². The number of benzene rings is 1. The van der Waals surface area contributed by atoms with Gasteiger partial charge < -0.3 is 10.1 Å². The number of hydrogen-bond acceptors (Lipinski definition) is 6. The van der Waals surface area contributed by atoms with Crippen LogP contribution in [0.25, 0.3) is 16.9 Å². The van der Waals surface area contributed by atoms with Crippen LogP contribution < -0.4 is 10.1 Å². The van der Waals surface area contributed by atoms with Crippen LogP contribution in [0.5, 0.6) is 5.75 Å². The summed E-state index contributed by atoms with van der Waals surface area (Å²) >= 11 is 1.34. The molecule has 4 aromatic rings. The highest BCUT2D eigenvalue weighted by Gasteiger charge is 2.32. The number of aryl methyl sites for hydroxylation is 1. The number of carbonyl (C=O) groups is 1. The van der Waals surface area contributed by atoms with Crippen LogP contribution in [0.3, 0.4) is 0 Å². The summed E-state index contributed by atoms with van der Waals surface area (Å²) in [6, 6.07) is 7.19. The van der Waals surface area contributed by atoms with E-state index in [0.29, 0.717) is 5.69 Å². The van der Waals surface area contributed by atoms with Crippen LogP contribution in [0.1, 0.15) is 15.4 Å². The minimum absolute atomic E-state index is 0.154. The minimum atomic E-state index is -4.83. The van der Waals surface area contributed by atoms with Crippen LogP contribution in [0, 0.1) is 6.92 Å². The van der Waals surface area contributed by atoms with Crippen molar-refractivity contribution in [3.8, 4) is 17.0 Å². The molecule has 0 fully saturated rings. The molecule has 0 aliphatic carbocycles. The van der Waals surface area contributed by atoms with Gasteiger partial charge >= 0.3 is 6.36 Å². The highest BCUT2D eigenvalue weighted by atomic mass is 32.1. The second-order valence-electron chi connectivity index (χ2n) is 5.89. The molecule has 0 aliphatic rings. The fraction of sp³-hybridized carbons (Fsp3) is 0.111. The Morgan fingerprint density at radius 3 is 2.76 bits per heavy atom. The molecule has 29 heavy (non-hydrogen) atoms. The van der Waals surface area contributed by atoms with Gasteiger partial charge in [-0.15, -0.1) is 24.5 Å². The third-order valence-electron chi connectivity index (χ3n) is 3.97. The van der Waals surface area contributed by atoms with Crippen molar-refractivity contribution in [2.75, 3.05) is 5.32 Å². The van der Waals surface area contributed by atoms with Crippen LogP contribution in [-0.2, 0) is 0 Å². The van der Waals surface area contributed by atoms with Gasteiger partial charge in [0.25, 0.3) is 5.91 Å². The summed E-state index contributed by atoms with van der Waals surface area (Å²) in [7, 11) is 0. The Hall–Kier alpha value is -3.47. The molecule has 4 rings (SSSR count). The van der Waals surface area contributed by atoms with Gasteiger partial charge in [0.15, 0.2) is 5.65 Å². The van der Waals surface area contributed by atoms with Gasteiger partial charge in [0.2, 0.25) is 0 Å². The SMILES string of the molecule is Cc1scnc1C(=O)Nc1cnn2ccc(-c3ccccc3OC(F)(F)F)nc12. The summed E-state index contributed by atoms with van der Waals surface area (Å²) < 4.78 is 43.6. The number of carbonyl (C=O) groups excluding carboxylic acids is 1. The number of nitrogens with one attached hydrogen (secondary N) is 1. The largest absolute Gasteiger partial charge is 0.573 e. The molecule has 1 amide bonds. The first-order valence-electron chi connectivity index (χ1n) is 8.23. The molecular formula is C18H12F3N5O2S. The number of rotatable bonds is 4. The molecular weight excluding hydrogens is 407 g/mol. The van der Waals surface area contributed by atoms with Crippen molar-refractivity contribution in [3.05, 3.63) is 58.8 Å². The average Bonchev–Trinajstić information content (AvgIpc) is 3.27. The predicted molar refractivity (Wildman–Crippen MR) is 99.9 cm³/mol. The number of nitrogens with zero attached hydrogens (tertiary/aromatic N) is 4. The molecule has 3 heterocycles. The molecule has 0 bridgehead atoms. The zero-order valence-electron chi connectivity index (χ0n) is 14.8. The Bertz CT molecular complexity index is 1200. The number of amides is 1. The van der Waals surface area contributed by atoms with Crippen LogP contribution >= 0.6 is 11.3 Å². The van der Waals surface area contributed by atoms with E-state index < -0.39 is 12.3 Å². The average molecular weight is 419 g/mol. The Labute approximate surface area is 165 Å². The van der Waals surface area contributed by atoms with E-state index in [-0.39, 0.29) is 28.3 Å². The lowest BCUT2D eigenvalue weighted by Gasteiger charge is -2.13. The molecule has 1 aromatic carbocycles. The van der Waals surface area contributed by atoms with Crippen LogP contribution in [0.2, 0.25) is 0 Å². The van der Waals surface area contributed by atoms with Gasteiger partial charge in [-0.05, 0) is 25.1 Å². The van der Waals surface area contributed by atoms with E-state index in [2.05, 4.69) is 25.1 Å². The molecule has 11 heteroatoms. The number of thiazole rings is 1. The number of alkyl halides is 3. The number of aromatic nitrogens is 4. The molecule has 7 nitrogen and oxygen atoms in total. The molecule has 0 saturated heterocycles. The van der Waals surface area contributed by atoms with Gasteiger partial charge in [-0.2, -0.15) is 5.10 Å². The highest BCUT2D eigenvalue weighted by molar-refractivity contribution is 7.09. The number of fused-ring (bicyclic) bond motifs is 1.